The molecule has 156 valence electrons. The van der Waals surface area contributed by atoms with Crippen molar-refractivity contribution in [2.45, 2.75) is 39.3 Å². The normalized spacial score (nSPS) is 16.7. The minimum absolute atomic E-state index is 0. The van der Waals surface area contributed by atoms with E-state index in [0.29, 0.717) is 44.7 Å². The first-order chi connectivity index (χ1) is 13.6. The highest BCUT2D eigenvalue weighted by Gasteiger charge is 2.30. The molecule has 2 aromatic rings. The van der Waals surface area contributed by atoms with Gasteiger partial charge in [0, 0.05) is 56.3 Å². The van der Waals surface area contributed by atoms with E-state index < -0.39 is 0 Å². The Balaban J connectivity index is 0.00000240. The molecule has 4 rings (SSSR count). The van der Waals surface area contributed by atoms with Crippen molar-refractivity contribution in [3.05, 3.63) is 52.3 Å². The van der Waals surface area contributed by atoms with Crippen LogP contribution in [0.4, 0.5) is 0 Å². The van der Waals surface area contributed by atoms with Gasteiger partial charge in [0.05, 0.1) is 0 Å². The van der Waals surface area contributed by atoms with Crippen LogP contribution in [0.15, 0.2) is 24.3 Å². The van der Waals surface area contributed by atoms with Crippen molar-refractivity contribution < 1.29 is 9.59 Å². The molecule has 0 radical (unpaired) electrons. The van der Waals surface area contributed by atoms with E-state index in [4.69, 9.17) is 0 Å². The average Bonchev–Trinajstić information content (AvgIpc) is 3.17. The lowest BCUT2D eigenvalue weighted by Crippen LogP contribution is -2.43. The molecule has 7 nitrogen and oxygen atoms in total. The number of hydrogen-bond donors (Lipinski definition) is 3. The highest BCUT2D eigenvalue weighted by atomic mass is 35.5. The Hall–Kier alpha value is -2.38. The molecule has 3 N–H and O–H groups in total. The van der Waals surface area contributed by atoms with Crippen molar-refractivity contribution in [2.24, 2.45) is 5.92 Å². The number of carbonyl (C=O) groups is 2. The monoisotopic (exact) mass is 417 g/mol. The minimum Gasteiger partial charge on any atom is -0.352 e. The predicted octanol–water partition coefficient (Wildman–Crippen LogP) is 1.95. The largest absolute Gasteiger partial charge is 0.352 e. The number of aromatic nitrogens is 2. The number of H-pyrrole nitrogens is 1. The summed E-state index contributed by atoms with van der Waals surface area (Å²) in [5.74, 6) is 0.0120. The van der Waals surface area contributed by atoms with Gasteiger partial charge in [-0.25, -0.2) is 0 Å². The Kier molecular flexibility index (Phi) is 6.92. The first kappa shape index (κ1) is 21.3. The molecule has 3 heterocycles. The summed E-state index contributed by atoms with van der Waals surface area (Å²) in [6.45, 7) is 5.38. The summed E-state index contributed by atoms with van der Waals surface area (Å²) in [5, 5.41) is 13.6. The van der Waals surface area contributed by atoms with Crippen molar-refractivity contribution >= 4 is 24.2 Å². The summed E-state index contributed by atoms with van der Waals surface area (Å²) in [4.78, 5) is 27.2. The summed E-state index contributed by atoms with van der Waals surface area (Å²) in [7, 11) is 0. The van der Waals surface area contributed by atoms with Crippen LogP contribution in [-0.2, 0) is 24.3 Å². The number of nitrogens with one attached hydrogen (secondary N) is 3. The van der Waals surface area contributed by atoms with Gasteiger partial charge >= 0.3 is 0 Å². The van der Waals surface area contributed by atoms with Gasteiger partial charge in [0.15, 0.2) is 5.69 Å². The van der Waals surface area contributed by atoms with E-state index in [-0.39, 0.29) is 30.1 Å². The van der Waals surface area contributed by atoms with Gasteiger partial charge in [-0.2, -0.15) is 5.10 Å². The van der Waals surface area contributed by atoms with E-state index in [9.17, 15) is 9.59 Å². The lowest BCUT2D eigenvalue weighted by atomic mass is 9.95. The predicted molar refractivity (Wildman–Crippen MR) is 113 cm³/mol. The number of likely N-dealkylation sites (tertiary alicyclic amines) is 1. The molecule has 0 unspecified atom stereocenters. The zero-order valence-corrected chi connectivity index (χ0v) is 17.5. The highest BCUT2D eigenvalue weighted by Crippen LogP contribution is 2.22. The summed E-state index contributed by atoms with van der Waals surface area (Å²) in [5.41, 5.74) is 4.90. The number of hydrogen-bond acceptors (Lipinski definition) is 4. The van der Waals surface area contributed by atoms with E-state index in [1.54, 1.807) is 0 Å². The first-order valence-corrected chi connectivity index (χ1v) is 10.0. The molecule has 2 amide bonds. The number of rotatable bonds is 4. The molecular formula is C21H28ClN5O2. The van der Waals surface area contributed by atoms with Crippen LogP contribution in [0.1, 0.15) is 45.7 Å². The van der Waals surface area contributed by atoms with E-state index in [2.05, 4.69) is 33.0 Å². The Morgan fingerprint density at radius 2 is 1.93 bits per heavy atom. The third kappa shape index (κ3) is 4.79. The molecule has 1 aromatic carbocycles. The number of amides is 2. The van der Waals surface area contributed by atoms with E-state index in [1.807, 2.05) is 24.0 Å². The van der Waals surface area contributed by atoms with Crippen LogP contribution in [0.5, 0.6) is 0 Å². The molecule has 0 aliphatic carbocycles. The van der Waals surface area contributed by atoms with Gasteiger partial charge in [0.1, 0.15) is 0 Å². The molecule has 29 heavy (non-hydrogen) atoms. The van der Waals surface area contributed by atoms with Gasteiger partial charge in [0.2, 0.25) is 5.91 Å². The number of aromatic amines is 1. The van der Waals surface area contributed by atoms with Crippen LogP contribution in [0.25, 0.3) is 0 Å². The van der Waals surface area contributed by atoms with E-state index in [1.165, 1.54) is 5.56 Å². The Morgan fingerprint density at radius 1 is 1.21 bits per heavy atom. The fraction of sp³-hybridized carbons (Fsp3) is 0.476. The maximum atomic E-state index is 12.9. The number of piperidine rings is 1. The topological polar surface area (TPSA) is 90.1 Å². The van der Waals surface area contributed by atoms with Crippen LogP contribution in [-0.4, -0.2) is 46.5 Å². The van der Waals surface area contributed by atoms with Gasteiger partial charge in [-0.15, -0.1) is 12.4 Å². The zero-order chi connectivity index (χ0) is 19.5. The standard InChI is InChI=1S/C21H27N5O2.ClH/c1-14-2-4-15(5-3-14)12-23-20(27)16-7-10-26(11-8-16)21(28)19-17-13-22-9-6-18(17)24-25-19;/h2-5,16,22H,6-13H2,1H3,(H,23,27)(H,24,25);1H. The van der Waals surface area contributed by atoms with Crippen LogP contribution in [0, 0.1) is 12.8 Å². The van der Waals surface area contributed by atoms with Crippen molar-refractivity contribution in [2.75, 3.05) is 19.6 Å². The maximum absolute atomic E-state index is 12.9. The van der Waals surface area contributed by atoms with E-state index >= 15 is 0 Å². The molecule has 8 heteroatoms. The van der Waals surface area contributed by atoms with Gasteiger partial charge in [-0.05, 0) is 25.3 Å². The maximum Gasteiger partial charge on any atom is 0.274 e. The SMILES string of the molecule is Cc1ccc(CNC(=O)C2CCN(C(=O)c3n[nH]c4c3CNCC4)CC2)cc1.Cl. The molecule has 1 saturated heterocycles. The zero-order valence-electron chi connectivity index (χ0n) is 16.7. The number of carbonyl (C=O) groups excluding carboxylic acids is 2. The molecule has 0 saturated carbocycles. The fourth-order valence-corrected chi connectivity index (χ4v) is 3.94. The third-order valence-corrected chi connectivity index (χ3v) is 5.75. The summed E-state index contributed by atoms with van der Waals surface area (Å²) >= 11 is 0. The number of fused-ring (bicyclic) bond motifs is 1. The van der Waals surface area contributed by atoms with Crippen LogP contribution < -0.4 is 10.6 Å². The molecular weight excluding hydrogens is 390 g/mol. The molecule has 2 aliphatic heterocycles. The molecule has 1 fully saturated rings. The number of benzene rings is 1. The highest BCUT2D eigenvalue weighted by molar-refractivity contribution is 5.94. The van der Waals surface area contributed by atoms with Gasteiger partial charge in [0.25, 0.3) is 5.91 Å². The molecule has 0 atom stereocenters. The number of nitrogens with zero attached hydrogens (tertiary/aromatic N) is 2. The smallest absolute Gasteiger partial charge is 0.274 e. The first-order valence-electron chi connectivity index (χ1n) is 10.0. The second kappa shape index (κ2) is 9.41. The van der Waals surface area contributed by atoms with Gasteiger partial charge < -0.3 is 15.5 Å². The lowest BCUT2D eigenvalue weighted by molar-refractivity contribution is -0.126. The second-order valence-corrected chi connectivity index (χ2v) is 7.73. The fourth-order valence-electron chi connectivity index (χ4n) is 3.94. The third-order valence-electron chi connectivity index (χ3n) is 5.75. The number of halogens is 1. The minimum atomic E-state index is -0.0377. The van der Waals surface area contributed by atoms with Crippen LogP contribution >= 0.6 is 12.4 Å². The molecule has 1 aromatic heterocycles. The number of aryl methyl sites for hydroxylation is 1. The Bertz CT molecular complexity index is 856. The lowest BCUT2D eigenvalue weighted by Gasteiger charge is -2.31. The quantitative estimate of drug-likeness (QED) is 0.709. The van der Waals surface area contributed by atoms with Gasteiger partial charge in [-0.1, -0.05) is 29.8 Å². The van der Waals surface area contributed by atoms with Crippen molar-refractivity contribution in [1.29, 1.82) is 0 Å². The van der Waals surface area contributed by atoms with Crippen molar-refractivity contribution in [3.63, 3.8) is 0 Å². The van der Waals surface area contributed by atoms with Crippen LogP contribution in [0.2, 0.25) is 0 Å². The molecule has 2 aliphatic rings. The molecule has 0 bridgehead atoms. The summed E-state index contributed by atoms with van der Waals surface area (Å²) in [6.07, 6.45) is 2.26. The Labute approximate surface area is 177 Å². The second-order valence-electron chi connectivity index (χ2n) is 7.73. The van der Waals surface area contributed by atoms with Crippen LogP contribution in [0.3, 0.4) is 0 Å². The van der Waals surface area contributed by atoms with Gasteiger partial charge in [-0.3, -0.25) is 14.7 Å². The average molecular weight is 418 g/mol. The summed E-state index contributed by atoms with van der Waals surface area (Å²) in [6, 6.07) is 8.18. The van der Waals surface area contributed by atoms with E-state index in [0.717, 1.165) is 29.8 Å². The Morgan fingerprint density at radius 3 is 2.66 bits per heavy atom. The van der Waals surface area contributed by atoms with Crippen molar-refractivity contribution in [3.8, 4) is 0 Å². The molecule has 0 spiro atoms. The summed E-state index contributed by atoms with van der Waals surface area (Å²) < 4.78 is 0. The van der Waals surface area contributed by atoms with Crippen molar-refractivity contribution in [1.82, 2.24) is 25.7 Å².